The Labute approximate surface area is 108 Å². The number of anilines is 1. The zero-order valence-electron chi connectivity index (χ0n) is 8.87. The molecule has 0 fully saturated rings. The molecule has 0 amide bonds. The molecule has 0 atom stereocenters. The van der Waals surface area contributed by atoms with E-state index in [0.717, 1.165) is 21.7 Å². The highest BCUT2D eigenvalue weighted by atomic mass is 79.9. The molecular weight excluding hydrogens is 288 g/mol. The molecule has 84 valence electrons. The van der Waals surface area contributed by atoms with Gasteiger partial charge in [-0.3, -0.25) is 0 Å². The summed E-state index contributed by atoms with van der Waals surface area (Å²) in [5.41, 5.74) is 2.30. The second-order valence-corrected chi connectivity index (χ2v) is 4.95. The minimum Gasteiger partial charge on any atom is -0.380 e. The summed E-state index contributed by atoms with van der Waals surface area (Å²) in [6, 6.07) is 7.82. The molecule has 0 aliphatic heterocycles. The van der Waals surface area contributed by atoms with Crippen molar-refractivity contribution in [3.63, 3.8) is 0 Å². The monoisotopic (exact) mass is 298 g/mol. The molecule has 0 aliphatic carbocycles. The van der Waals surface area contributed by atoms with Crippen molar-refractivity contribution in [2.45, 2.75) is 6.54 Å². The number of rotatable bonds is 3. The number of hydrogen-bond acceptors (Lipinski definition) is 1. The number of aryl methyl sites for hydroxylation is 1. The third-order valence-electron chi connectivity index (χ3n) is 2.31. The minimum absolute atomic E-state index is 0.733. The Morgan fingerprint density at radius 1 is 1.38 bits per heavy atom. The number of aromatic nitrogens is 1. The maximum absolute atomic E-state index is 5.88. The second kappa shape index (κ2) is 4.93. The Morgan fingerprint density at radius 3 is 2.81 bits per heavy atom. The highest BCUT2D eigenvalue weighted by Gasteiger charge is 2.00. The van der Waals surface area contributed by atoms with Gasteiger partial charge in [-0.2, -0.15) is 0 Å². The molecule has 0 radical (unpaired) electrons. The Balaban J connectivity index is 2.04. The van der Waals surface area contributed by atoms with Crippen LogP contribution < -0.4 is 5.32 Å². The van der Waals surface area contributed by atoms with E-state index in [9.17, 15) is 0 Å². The largest absolute Gasteiger partial charge is 0.380 e. The predicted molar refractivity (Wildman–Crippen MR) is 71.9 cm³/mol. The lowest BCUT2D eigenvalue weighted by molar-refractivity contribution is 0.920. The van der Waals surface area contributed by atoms with E-state index in [1.807, 2.05) is 36.0 Å². The molecule has 1 aromatic heterocycles. The van der Waals surface area contributed by atoms with E-state index >= 15 is 0 Å². The first-order valence-electron chi connectivity index (χ1n) is 4.95. The van der Waals surface area contributed by atoms with E-state index in [2.05, 4.69) is 33.5 Å². The number of halogens is 2. The van der Waals surface area contributed by atoms with E-state index < -0.39 is 0 Å². The molecule has 0 saturated carbocycles. The second-order valence-electron chi connectivity index (χ2n) is 3.66. The Morgan fingerprint density at radius 2 is 2.19 bits per heavy atom. The van der Waals surface area contributed by atoms with Crippen LogP contribution in [0.15, 0.2) is 41.1 Å². The zero-order chi connectivity index (χ0) is 11.5. The van der Waals surface area contributed by atoms with Crippen LogP contribution in [0.5, 0.6) is 0 Å². The van der Waals surface area contributed by atoms with Crippen LogP contribution in [-0.4, -0.2) is 4.57 Å². The molecule has 2 rings (SSSR count). The fourth-order valence-corrected chi connectivity index (χ4v) is 2.32. The maximum atomic E-state index is 5.88. The summed E-state index contributed by atoms with van der Waals surface area (Å²) in [6.07, 6.45) is 4.13. The van der Waals surface area contributed by atoms with E-state index in [1.54, 1.807) is 0 Å². The molecule has 1 aromatic carbocycles. The molecule has 1 heterocycles. The van der Waals surface area contributed by atoms with Crippen LogP contribution in [0.4, 0.5) is 5.69 Å². The first-order chi connectivity index (χ1) is 7.65. The number of hydrogen-bond donors (Lipinski definition) is 1. The SMILES string of the molecule is Cn1ccc(CNc2ccc(Cl)cc2Br)c1. The van der Waals surface area contributed by atoms with Crippen molar-refractivity contribution in [2.75, 3.05) is 5.32 Å². The fourth-order valence-electron chi connectivity index (χ4n) is 1.50. The van der Waals surface area contributed by atoms with Crippen LogP contribution in [-0.2, 0) is 13.6 Å². The summed E-state index contributed by atoms with van der Waals surface area (Å²) in [5, 5.41) is 4.08. The van der Waals surface area contributed by atoms with Crippen molar-refractivity contribution in [2.24, 2.45) is 7.05 Å². The summed E-state index contributed by atoms with van der Waals surface area (Å²) < 4.78 is 3.02. The first kappa shape index (κ1) is 11.6. The van der Waals surface area contributed by atoms with Crippen LogP contribution in [0, 0.1) is 0 Å². The van der Waals surface area contributed by atoms with Gasteiger partial charge in [0.15, 0.2) is 0 Å². The van der Waals surface area contributed by atoms with Crippen molar-refractivity contribution in [3.8, 4) is 0 Å². The van der Waals surface area contributed by atoms with Gasteiger partial charge in [0.1, 0.15) is 0 Å². The van der Waals surface area contributed by atoms with Gasteiger partial charge in [0.05, 0.1) is 0 Å². The summed E-state index contributed by atoms with van der Waals surface area (Å²) in [5.74, 6) is 0. The lowest BCUT2D eigenvalue weighted by Crippen LogP contribution is -1.98. The molecule has 4 heteroatoms. The van der Waals surface area contributed by atoms with Gasteiger partial charge in [0.25, 0.3) is 0 Å². The average Bonchev–Trinajstić information content (AvgIpc) is 2.63. The molecule has 0 aliphatic rings. The van der Waals surface area contributed by atoms with Gasteiger partial charge in [-0.25, -0.2) is 0 Å². The predicted octanol–water partition coefficient (Wildman–Crippen LogP) is 4.05. The van der Waals surface area contributed by atoms with Crippen molar-refractivity contribution in [1.82, 2.24) is 4.57 Å². The molecule has 0 unspecified atom stereocenters. The van der Waals surface area contributed by atoms with Gasteiger partial charge < -0.3 is 9.88 Å². The van der Waals surface area contributed by atoms with E-state index in [0.29, 0.717) is 0 Å². The lowest BCUT2D eigenvalue weighted by Gasteiger charge is -2.07. The van der Waals surface area contributed by atoms with E-state index in [-0.39, 0.29) is 0 Å². The summed E-state index contributed by atoms with van der Waals surface area (Å²) in [7, 11) is 2.02. The maximum Gasteiger partial charge on any atom is 0.0488 e. The van der Waals surface area contributed by atoms with Crippen LogP contribution in [0.1, 0.15) is 5.56 Å². The topological polar surface area (TPSA) is 17.0 Å². The highest BCUT2D eigenvalue weighted by Crippen LogP contribution is 2.26. The molecule has 0 bridgehead atoms. The van der Waals surface area contributed by atoms with Crippen LogP contribution in [0.25, 0.3) is 0 Å². The molecule has 2 nitrogen and oxygen atoms in total. The first-order valence-corrected chi connectivity index (χ1v) is 6.12. The van der Waals surface area contributed by atoms with Gasteiger partial charge in [0.2, 0.25) is 0 Å². The van der Waals surface area contributed by atoms with Crippen molar-refractivity contribution >= 4 is 33.2 Å². The molecule has 0 spiro atoms. The molecule has 2 aromatic rings. The van der Waals surface area contributed by atoms with Gasteiger partial charge >= 0.3 is 0 Å². The van der Waals surface area contributed by atoms with Gasteiger partial charge in [-0.05, 0) is 45.8 Å². The Bertz CT molecular complexity index is 494. The minimum atomic E-state index is 0.733. The van der Waals surface area contributed by atoms with Gasteiger partial charge in [-0.1, -0.05) is 11.6 Å². The molecule has 0 saturated heterocycles. The standard InChI is InChI=1S/C12H12BrClN2/c1-16-5-4-9(8-16)7-15-12-3-2-10(14)6-11(12)13/h2-6,8,15H,7H2,1H3. The van der Waals surface area contributed by atoms with E-state index in [4.69, 9.17) is 11.6 Å². The summed E-state index contributed by atoms with van der Waals surface area (Å²) >= 11 is 9.35. The third kappa shape index (κ3) is 2.80. The fraction of sp³-hybridized carbons (Fsp3) is 0.167. The van der Waals surface area contributed by atoms with Crippen LogP contribution in [0.3, 0.4) is 0 Å². The quantitative estimate of drug-likeness (QED) is 0.904. The lowest BCUT2D eigenvalue weighted by atomic mass is 10.3. The Kier molecular flexibility index (Phi) is 3.56. The smallest absolute Gasteiger partial charge is 0.0488 e. The molecule has 16 heavy (non-hydrogen) atoms. The number of benzene rings is 1. The number of nitrogens with zero attached hydrogens (tertiary/aromatic N) is 1. The third-order valence-corrected chi connectivity index (χ3v) is 3.20. The molecular formula is C12H12BrClN2. The van der Waals surface area contributed by atoms with Gasteiger partial charge in [-0.15, -0.1) is 0 Å². The summed E-state index contributed by atoms with van der Waals surface area (Å²) in [6.45, 7) is 0.807. The molecule has 1 N–H and O–H groups in total. The van der Waals surface area contributed by atoms with Crippen molar-refractivity contribution in [1.29, 1.82) is 0 Å². The van der Waals surface area contributed by atoms with Crippen molar-refractivity contribution < 1.29 is 0 Å². The van der Waals surface area contributed by atoms with Crippen LogP contribution >= 0.6 is 27.5 Å². The zero-order valence-corrected chi connectivity index (χ0v) is 11.2. The number of nitrogens with one attached hydrogen (secondary N) is 1. The van der Waals surface area contributed by atoms with Crippen molar-refractivity contribution in [3.05, 3.63) is 51.7 Å². The van der Waals surface area contributed by atoms with Crippen LogP contribution in [0.2, 0.25) is 5.02 Å². The highest BCUT2D eigenvalue weighted by molar-refractivity contribution is 9.10. The van der Waals surface area contributed by atoms with E-state index in [1.165, 1.54) is 5.56 Å². The Hall–Kier alpha value is -0.930. The summed E-state index contributed by atoms with van der Waals surface area (Å²) in [4.78, 5) is 0. The van der Waals surface area contributed by atoms with Gasteiger partial charge in [0, 0.05) is 41.2 Å². The normalized spacial score (nSPS) is 10.4. The average molecular weight is 300 g/mol.